The van der Waals surface area contributed by atoms with Gasteiger partial charge in [-0.2, -0.15) is 15.2 Å². The lowest BCUT2D eigenvalue weighted by Gasteiger charge is -2.49. The molecule has 5 heterocycles. The molecule has 13 heteroatoms. The number of aliphatic imine (C=N–C) groups is 1. The molecule has 0 N–H and O–H groups in total. The maximum atomic E-state index is 17.0. The lowest BCUT2D eigenvalue weighted by molar-refractivity contribution is -0.0947. The lowest BCUT2D eigenvalue weighted by Crippen LogP contribution is -2.58. The third-order valence-corrected chi connectivity index (χ3v) is 13.1. The molecule has 0 spiro atoms. The van der Waals surface area contributed by atoms with Crippen molar-refractivity contribution in [2.75, 3.05) is 59.0 Å². The van der Waals surface area contributed by atoms with Crippen LogP contribution >= 0.6 is 11.3 Å². The van der Waals surface area contributed by atoms with Gasteiger partial charge in [0.25, 0.3) is 0 Å². The van der Waals surface area contributed by atoms with E-state index in [0.29, 0.717) is 42.4 Å². The number of likely N-dealkylation sites (N-methyl/N-ethyl adjacent to an activating group) is 2. The first-order valence-electron chi connectivity index (χ1n) is 17.9. The highest BCUT2D eigenvalue weighted by atomic mass is 32.1. The Morgan fingerprint density at radius 1 is 1.14 bits per heavy atom. The van der Waals surface area contributed by atoms with Crippen molar-refractivity contribution in [2.45, 2.75) is 69.5 Å². The second kappa shape index (κ2) is 13.0. The number of anilines is 1. The fourth-order valence-electron chi connectivity index (χ4n) is 8.64. The van der Waals surface area contributed by atoms with Gasteiger partial charge >= 0.3 is 6.01 Å². The fourth-order valence-corrected chi connectivity index (χ4v) is 9.62. The van der Waals surface area contributed by atoms with Crippen molar-refractivity contribution in [2.24, 2.45) is 16.3 Å². The molecule has 51 heavy (non-hydrogen) atoms. The van der Waals surface area contributed by atoms with Crippen LogP contribution in [0.25, 0.3) is 32.2 Å². The number of halogens is 2. The third kappa shape index (κ3) is 5.94. The first-order chi connectivity index (χ1) is 24.5. The van der Waals surface area contributed by atoms with Gasteiger partial charge in [-0.05, 0) is 83.8 Å². The molecule has 2 unspecified atom stereocenters. The van der Waals surface area contributed by atoms with Crippen molar-refractivity contribution in [1.82, 2.24) is 24.8 Å². The van der Waals surface area contributed by atoms with Crippen molar-refractivity contribution in [3.05, 3.63) is 35.5 Å². The summed E-state index contributed by atoms with van der Waals surface area (Å²) < 4.78 is 44.6. The molecule has 2 aliphatic heterocycles. The predicted molar refractivity (Wildman–Crippen MR) is 196 cm³/mol. The number of hydrogen-bond acceptors (Lipinski definition) is 11. The molecule has 2 saturated carbocycles. The summed E-state index contributed by atoms with van der Waals surface area (Å²) in [4.78, 5) is 25.1. The molecule has 10 nitrogen and oxygen atoms in total. The van der Waals surface area contributed by atoms with Crippen LogP contribution in [0.15, 0.2) is 23.3 Å². The number of rotatable bonds is 11. The third-order valence-electron chi connectivity index (χ3n) is 11.9. The van der Waals surface area contributed by atoms with Crippen LogP contribution in [0.5, 0.6) is 6.01 Å². The van der Waals surface area contributed by atoms with Gasteiger partial charge < -0.3 is 19.3 Å². The maximum absolute atomic E-state index is 17.0. The Bertz CT molecular complexity index is 2040. The summed E-state index contributed by atoms with van der Waals surface area (Å²) in [7, 11) is 6.17. The van der Waals surface area contributed by atoms with Gasteiger partial charge in [-0.1, -0.05) is 6.92 Å². The number of thiophene rings is 1. The minimum Gasteiger partial charge on any atom is -0.463 e. The molecule has 2 bridgehead atoms. The predicted octanol–water partition coefficient (Wildman–Crippen LogP) is 6.97. The molecule has 1 aromatic carbocycles. The molecular formula is C38H44F2N8O2S. The van der Waals surface area contributed by atoms with E-state index in [1.807, 2.05) is 7.05 Å². The molecule has 0 radical (unpaired) electrons. The van der Waals surface area contributed by atoms with Crippen LogP contribution in [0.4, 0.5) is 19.6 Å². The van der Waals surface area contributed by atoms with E-state index in [4.69, 9.17) is 19.4 Å². The number of nitriles is 1. The summed E-state index contributed by atoms with van der Waals surface area (Å²) in [6.07, 6.45) is 9.24. The molecule has 8 rings (SSSR count). The monoisotopic (exact) mass is 714 g/mol. The lowest BCUT2D eigenvalue weighted by atomic mass is 9.75. The van der Waals surface area contributed by atoms with E-state index >= 15 is 8.78 Å². The van der Waals surface area contributed by atoms with E-state index in [-0.39, 0.29) is 54.4 Å². The smallest absolute Gasteiger partial charge is 0.319 e. The molecule has 3 aromatic heterocycles. The van der Waals surface area contributed by atoms with E-state index in [1.54, 1.807) is 6.20 Å². The van der Waals surface area contributed by atoms with Crippen LogP contribution in [0.2, 0.25) is 0 Å². The van der Waals surface area contributed by atoms with Gasteiger partial charge in [-0.15, -0.1) is 11.3 Å². The minimum atomic E-state index is -0.687. The summed E-state index contributed by atoms with van der Waals surface area (Å²) in [6, 6.07) is 5.81. The SMILES string of the molecule is C=Nc1sc2c(F)ccc(-c3ncc4c(N(C)CC5(N(C)C)CCC5)nc(OCC5(CN6C7COCC6CC(C)C7)CC5)nc4c3F)c2c1C#N. The van der Waals surface area contributed by atoms with Gasteiger partial charge in [0.1, 0.15) is 33.9 Å². The summed E-state index contributed by atoms with van der Waals surface area (Å²) >= 11 is 1.01. The Kier molecular flexibility index (Phi) is 8.73. The van der Waals surface area contributed by atoms with Crippen LogP contribution in [0, 0.1) is 34.3 Å². The Labute approximate surface area is 301 Å². The molecule has 4 aromatic rings. The number of nitrogens with zero attached hydrogens (tertiary/aromatic N) is 8. The summed E-state index contributed by atoms with van der Waals surface area (Å²) in [5.74, 6) is 0.0289. The van der Waals surface area contributed by atoms with Crippen LogP contribution < -0.4 is 9.64 Å². The zero-order chi connectivity index (χ0) is 35.7. The Balaban J connectivity index is 1.18. The first kappa shape index (κ1) is 34.3. The van der Waals surface area contributed by atoms with Crippen molar-refractivity contribution >= 4 is 49.9 Å². The van der Waals surface area contributed by atoms with Gasteiger partial charge in [-0.25, -0.2) is 8.78 Å². The van der Waals surface area contributed by atoms with Crippen molar-refractivity contribution < 1.29 is 18.3 Å². The topological polar surface area (TPSA) is 103 Å². The number of hydrogen-bond donors (Lipinski definition) is 0. The van der Waals surface area contributed by atoms with Crippen LogP contribution in [-0.4, -0.2) is 103 Å². The highest BCUT2D eigenvalue weighted by Crippen LogP contribution is 2.49. The number of pyridine rings is 1. The van der Waals surface area contributed by atoms with Crippen molar-refractivity contribution in [1.29, 1.82) is 5.26 Å². The molecule has 2 saturated heterocycles. The largest absolute Gasteiger partial charge is 0.463 e. The normalized spacial score (nSPS) is 23.6. The molecule has 0 amide bonds. The van der Waals surface area contributed by atoms with Gasteiger partial charge in [0.05, 0.1) is 35.5 Å². The minimum absolute atomic E-state index is 0.00901. The highest BCUT2D eigenvalue weighted by molar-refractivity contribution is 7.23. The number of aromatic nitrogens is 3. The van der Waals surface area contributed by atoms with E-state index < -0.39 is 11.6 Å². The van der Waals surface area contributed by atoms with E-state index in [1.165, 1.54) is 12.1 Å². The van der Waals surface area contributed by atoms with Crippen molar-refractivity contribution in [3.8, 4) is 23.3 Å². The number of morpholine rings is 1. The number of fused-ring (bicyclic) bond motifs is 4. The Morgan fingerprint density at radius 3 is 2.51 bits per heavy atom. The average molecular weight is 715 g/mol. The number of benzene rings is 1. The molecule has 268 valence electrons. The zero-order valence-electron chi connectivity index (χ0n) is 29.7. The van der Waals surface area contributed by atoms with Crippen LogP contribution in [-0.2, 0) is 4.74 Å². The number of ether oxygens (including phenoxy) is 2. The second-order valence-electron chi connectivity index (χ2n) is 15.6. The number of piperidine rings is 1. The maximum Gasteiger partial charge on any atom is 0.319 e. The molecule has 4 fully saturated rings. The fraction of sp³-hybridized carbons (Fsp3) is 0.553. The van der Waals surface area contributed by atoms with Crippen molar-refractivity contribution in [3.63, 3.8) is 0 Å². The standard InChI is InChI=1S/C38H44F2N8O2S/c1-22-13-23-17-49-18-24(14-22)48(23)19-37(11-12-37)21-50-36-44-32-27(34(45-36)47(5)20-38(46(3)4)9-6-10-38)16-43-31(30(32)40)25-7-8-28(39)33-29(25)26(15-41)35(42-2)51-33/h7-8,16,22-24H,2,6,9-14,17-21H2,1,3-5H3. The molecule has 4 aliphatic rings. The molecule has 2 aliphatic carbocycles. The molecule has 2 atom stereocenters. The summed E-state index contributed by atoms with van der Waals surface area (Å²) in [5.41, 5.74) is 0.419. The van der Waals surface area contributed by atoms with Crippen LogP contribution in [0.3, 0.4) is 0 Å². The Hall–Kier alpha value is -3.83. The van der Waals surface area contributed by atoms with Crippen LogP contribution in [0.1, 0.15) is 57.4 Å². The van der Waals surface area contributed by atoms with Gasteiger partial charge in [0, 0.05) is 60.3 Å². The highest BCUT2D eigenvalue weighted by Gasteiger charge is 2.49. The van der Waals surface area contributed by atoms with E-state index in [2.05, 4.69) is 58.5 Å². The zero-order valence-corrected chi connectivity index (χ0v) is 30.5. The summed E-state index contributed by atoms with van der Waals surface area (Å²) in [5, 5.41) is 11.0. The van der Waals surface area contributed by atoms with Gasteiger partial charge in [0.15, 0.2) is 5.82 Å². The van der Waals surface area contributed by atoms with E-state index in [0.717, 1.165) is 76.0 Å². The molecular weight excluding hydrogens is 671 g/mol. The summed E-state index contributed by atoms with van der Waals surface area (Å²) in [6.45, 7) is 9.50. The average Bonchev–Trinajstić information content (AvgIpc) is 3.75. The van der Waals surface area contributed by atoms with Gasteiger partial charge in [0.2, 0.25) is 0 Å². The second-order valence-corrected chi connectivity index (χ2v) is 16.6. The first-order valence-corrected chi connectivity index (χ1v) is 18.7. The van der Waals surface area contributed by atoms with E-state index in [9.17, 15) is 5.26 Å². The quantitative estimate of drug-likeness (QED) is 0.153. The Morgan fingerprint density at radius 2 is 1.88 bits per heavy atom. The van der Waals surface area contributed by atoms with Gasteiger partial charge in [-0.3, -0.25) is 14.9 Å².